The van der Waals surface area contributed by atoms with Crippen molar-refractivity contribution in [3.8, 4) is 5.69 Å². The lowest BCUT2D eigenvalue weighted by atomic mass is 10.2. The van der Waals surface area contributed by atoms with Crippen molar-refractivity contribution < 1.29 is 0 Å². The molecule has 1 heterocycles. The van der Waals surface area contributed by atoms with Gasteiger partial charge in [0.25, 0.3) is 0 Å². The summed E-state index contributed by atoms with van der Waals surface area (Å²) < 4.78 is 2.11. The Bertz CT molecular complexity index is 771. The van der Waals surface area contributed by atoms with Gasteiger partial charge < -0.3 is 9.47 Å². The highest BCUT2D eigenvalue weighted by Crippen LogP contribution is 2.17. The Morgan fingerprint density at radius 3 is 2.35 bits per heavy atom. The normalized spacial score (nSPS) is 10.9. The second-order valence-electron chi connectivity index (χ2n) is 5.45. The first-order chi connectivity index (χ1) is 11.2. The molecule has 4 heteroatoms. The molecule has 1 N–H and O–H groups in total. The molecule has 1 aromatic heterocycles. The zero-order valence-corrected chi connectivity index (χ0v) is 13.3. The number of rotatable bonds is 5. The molecule has 0 radical (unpaired) electrons. The quantitative estimate of drug-likeness (QED) is 0.571. The molecule has 0 aliphatic rings. The van der Waals surface area contributed by atoms with Crippen LogP contribution in [0.3, 0.4) is 0 Å². The number of aromatic nitrogens is 1. The summed E-state index contributed by atoms with van der Waals surface area (Å²) in [5.41, 5.74) is 7.32. The maximum absolute atomic E-state index is 4.31. The molecular formula is C19H20N4. The molecule has 0 atom stereocenters. The molecule has 23 heavy (non-hydrogen) atoms. The second kappa shape index (κ2) is 6.83. The molecule has 0 bridgehead atoms. The summed E-state index contributed by atoms with van der Waals surface area (Å²) in [5.74, 6) is 0. The molecule has 116 valence electrons. The van der Waals surface area contributed by atoms with E-state index in [0.29, 0.717) is 0 Å². The predicted molar refractivity (Wildman–Crippen MR) is 97.8 cm³/mol. The van der Waals surface area contributed by atoms with Gasteiger partial charge in [-0.2, -0.15) is 5.10 Å². The molecule has 0 aliphatic heterocycles. The standard InChI is InChI=1S/C19H20N4/c1-22(2)17-10-12-18(13-11-17)23-14-6-9-19(23)15-20-21-16-7-4-3-5-8-16/h3-15,21H,1-2H3/b20-15-. The van der Waals surface area contributed by atoms with Crippen LogP contribution in [0.15, 0.2) is 78.0 Å². The van der Waals surface area contributed by atoms with Gasteiger partial charge in [0.2, 0.25) is 0 Å². The molecule has 0 spiro atoms. The summed E-state index contributed by atoms with van der Waals surface area (Å²) in [6, 6.07) is 22.4. The molecule has 3 aromatic rings. The number of hydrogen-bond acceptors (Lipinski definition) is 3. The van der Waals surface area contributed by atoms with E-state index in [9.17, 15) is 0 Å². The van der Waals surface area contributed by atoms with Crippen molar-refractivity contribution in [2.75, 3.05) is 24.4 Å². The van der Waals surface area contributed by atoms with Gasteiger partial charge in [0.15, 0.2) is 0 Å². The van der Waals surface area contributed by atoms with Crippen LogP contribution in [0, 0.1) is 0 Å². The summed E-state index contributed by atoms with van der Waals surface area (Å²) >= 11 is 0. The van der Waals surface area contributed by atoms with E-state index in [4.69, 9.17) is 0 Å². The number of hydrazone groups is 1. The minimum absolute atomic E-state index is 0.970. The first-order valence-corrected chi connectivity index (χ1v) is 7.53. The Morgan fingerprint density at radius 1 is 0.913 bits per heavy atom. The first-order valence-electron chi connectivity index (χ1n) is 7.53. The molecule has 0 unspecified atom stereocenters. The van der Waals surface area contributed by atoms with Crippen molar-refractivity contribution in [3.63, 3.8) is 0 Å². The molecule has 0 saturated carbocycles. The summed E-state index contributed by atoms with van der Waals surface area (Å²) in [4.78, 5) is 2.09. The number of nitrogens with one attached hydrogen (secondary N) is 1. The fourth-order valence-corrected chi connectivity index (χ4v) is 2.33. The molecule has 0 aliphatic carbocycles. The Morgan fingerprint density at radius 2 is 1.65 bits per heavy atom. The predicted octanol–water partition coefficient (Wildman–Crippen LogP) is 3.99. The Kier molecular flexibility index (Phi) is 4.43. The van der Waals surface area contributed by atoms with Gasteiger partial charge in [-0.3, -0.25) is 5.43 Å². The van der Waals surface area contributed by atoms with E-state index in [1.165, 1.54) is 5.69 Å². The Labute approximate surface area is 136 Å². The fraction of sp³-hybridized carbons (Fsp3) is 0.105. The molecule has 4 nitrogen and oxygen atoms in total. The van der Waals surface area contributed by atoms with E-state index >= 15 is 0 Å². The van der Waals surface area contributed by atoms with E-state index in [-0.39, 0.29) is 0 Å². The highest BCUT2D eigenvalue weighted by Gasteiger charge is 2.02. The van der Waals surface area contributed by atoms with E-state index in [1.54, 1.807) is 0 Å². The monoisotopic (exact) mass is 304 g/mol. The largest absolute Gasteiger partial charge is 0.378 e. The third-order valence-electron chi connectivity index (χ3n) is 3.59. The molecule has 3 rings (SSSR count). The average Bonchev–Trinajstić information content (AvgIpc) is 3.04. The number of anilines is 2. The number of nitrogens with zero attached hydrogens (tertiary/aromatic N) is 3. The van der Waals surface area contributed by atoms with Crippen LogP contribution < -0.4 is 10.3 Å². The van der Waals surface area contributed by atoms with E-state index in [0.717, 1.165) is 17.1 Å². The Hall–Kier alpha value is -3.01. The van der Waals surface area contributed by atoms with Crippen molar-refractivity contribution in [1.29, 1.82) is 0 Å². The van der Waals surface area contributed by atoms with Crippen LogP contribution >= 0.6 is 0 Å². The van der Waals surface area contributed by atoms with E-state index in [2.05, 4.69) is 44.3 Å². The average molecular weight is 304 g/mol. The third-order valence-corrected chi connectivity index (χ3v) is 3.59. The second-order valence-corrected chi connectivity index (χ2v) is 5.45. The van der Waals surface area contributed by atoms with Crippen molar-refractivity contribution in [3.05, 3.63) is 78.6 Å². The lowest BCUT2D eigenvalue weighted by Crippen LogP contribution is -2.08. The number of hydrogen-bond donors (Lipinski definition) is 1. The smallest absolute Gasteiger partial charge is 0.0712 e. The van der Waals surface area contributed by atoms with Crippen LogP contribution in [0.1, 0.15) is 5.69 Å². The topological polar surface area (TPSA) is 32.6 Å². The zero-order chi connectivity index (χ0) is 16.1. The van der Waals surface area contributed by atoms with Crippen LogP contribution in [0.2, 0.25) is 0 Å². The van der Waals surface area contributed by atoms with Crippen LogP contribution in [-0.2, 0) is 0 Å². The van der Waals surface area contributed by atoms with Crippen molar-refractivity contribution in [2.45, 2.75) is 0 Å². The summed E-state index contributed by atoms with van der Waals surface area (Å²) in [7, 11) is 4.08. The van der Waals surface area contributed by atoms with Gasteiger partial charge in [-0.25, -0.2) is 0 Å². The van der Waals surface area contributed by atoms with Gasteiger partial charge >= 0.3 is 0 Å². The van der Waals surface area contributed by atoms with Crippen molar-refractivity contribution in [2.24, 2.45) is 5.10 Å². The fourth-order valence-electron chi connectivity index (χ4n) is 2.33. The van der Waals surface area contributed by atoms with Gasteiger partial charge in [0.05, 0.1) is 17.6 Å². The maximum Gasteiger partial charge on any atom is 0.0712 e. The van der Waals surface area contributed by atoms with Crippen molar-refractivity contribution >= 4 is 17.6 Å². The van der Waals surface area contributed by atoms with Gasteiger partial charge in [-0.15, -0.1) is 0 Å². The van der Waals surface area contributed by atoms with Crippen LogP contribution in [0.5, 0.6) is 0 Å². The van der Waals surface area contributed by atoms with E-state index < -0.39 is 0 Å². The Balaban J connectivity index is 1.76. The zero-order valence-electron chi connectivity index (χ0n) is 13.3. The first kappa shape index (κ1) is 14.9. The lowest BCUT2D eigenvalue weighted by Gasteiger charge is -2.13. The van der Waals surface area contributed by atoms with Crippen LogP contribution in [0.25, 0.3) is 5.69 Å². The highest BCUT2D eigenvalue weighted by atomic mass is 15.3. The SMILES string of the molecule is CN(C)c1ccc(-n2cccc2/C=N\Nc2ccccc2)cc1. The highest BCUT2D eigenvalue weighted by molar-refractivity contribution is 5.79. The van der Waals surface area contributed by atoms with Gasteiger partial charge in [-0.1, -0.05) is 18.2 Å². The minimum atomic E-state index is 0.970. The molecule has 0 fully saturated rings. The number of benzene rings is 2. The van der Waals surface area contributed by atoms with E-state index in [1.807, 2.05) is 69.0 Å². The summed E-state index contributed by atoms with van der Waals surface area (Å²) in [6.45, 7) is 0. The molecular weight excluding hydrogens is 284 g/mol. The molecule has 0 saturated heterocycles. The molecule has 0 amide bonds. The minimum Gasteiger partial charge on any atom is -0.378 e. The third kappa shape index (κ3) is 3.61. The van der Waals surface area contributed by atoms with Crippen LogP contribution in [-0.4, -0.2) is 24.9 Å². The molecule has 2 aromatic carbocycles. The van der Waals surface area contributed by atoms with Crippen molar-refractivity contribution in [1.82, 2.24) is 4.57 Å². The van der Waals surface area contributed by atoms with Gasteiger partial charge in [-0.05, 0) is 48.5 Å². The number of para-hydroxylation sites is 1. The van der Waals surface area contributed by atoms with Crippen LogP contribution in [0.4, 0.5) is 11.4 Å². The summed E-state index contributed by atoms with van der Waals surface area (Å²) in [6.07, 6.45) is 3.86. The van der Waals surface area contributed by atoms with Gasteiger partial charge in [0.1, 0.15) is 0 Å². The lowest BCUT2D eigenvalue weighted by molar-refractivity contribution is 1.06. The maximum atomic E-state index is 4.31. The van der Waals surface area contributed by atoms with Gasteiger partial charge in [0, 0.05) is 31.7 Å². The summed E-state index contributed by atoms with van der Waals surface area (Å²) in [5, 5.41) is 4.31.